The topological polar surface area (TPSA) is 172 Å². The summed E-state index contributed by atoms with van der Waals surface area (Å²) in [5.41, 5.74) is 2.75. The van der Waals surface area contributed by atoms with Gasteiger partial charge in [0.15, 0.2) is 5.57 Å². The van der Waals surface area contributed by atoms with Crippen molar-refractivity contribution in [1.29, 1.82) is 15.8 Å². The average Bonchev–Trinajstić information content (AvgIpc) is 3.51. The van der Waals surface area contributed by atoms with Gasteiger partial charge in [0.05, 0.1) is 53.1 Å². The number of ether oxygens (including phenoxy) is 2. The Morgan fingerprint density at radius 1 is 0.741 bits per heavy atom. The molecule has 1 aliphatic heterocycles. The lowest BCUT2D eigenvalue weighted by Crippen LogP contribution is -2.33. The third-order valence-corrected chi connectivity index (χ3v) is 10.1. The summed E-state index contributed by atoms with van der Waals surface area (Å²) < 4.78 is 11.4. The minimum absolute atomic E-state index is 0.00715. The lowest BCUT2D eigenvalue weighted by atomic mass is 10.00. The van der Waals surface area contributed by atoms with Crippen LogP contribution in [0, 0.1) is 45.8 Å². The maximum Gasteiger partial charge on any atom is 0.308 e. The number of anilines is 1. The quantitative estimate of drug-likeness (QED) is 0.0570. The van der Waals surface area contributed by atoms with Crippen molar-refractivity contribution in [3.63, 3.8) is 0 Å². The van der Waals surface area contributed by atoms with Gasteiger partial charge >= 0.3 is 11.9 Å². The van der Waals surface area contributed by atoms with Gasteiger partial charge in [0.2, 0.25) is 0 Å². The smallest absolute Gasteiger partial charge is 0.308 e. The summed E-state index contributed by atoms with van der Waals surface area (Å²) in [4.78, 5) is 42.2. The molecule has 0 aliphatic carbocycles. The molecule has 0 radical (unpaired) electrons. The van der Waals surface area contributed by atoms with Crippen molar-refractivity contribution in [2.75, 3.05) is 37.7 Å². The second-order valence-corrected chi connectivity index (χ2v) is 14.1. The fraction of sp³-hybridized carbons (Fsp3) is 0.478. The molecule has 0 saturated carbocycles. The predicted octanol–water partition coefficient (Wildman–Crippen LogP) is 10.2. The van der Waals surface area contributed by atoms with Crippen LogP contribution < -0.4 is 4.90 Å². The minimum atomic E-state index is -0.420. The first-order valence-electron chi connectivity index (χ1n) is 20.6. The van der Waals surface area contributed by atoms with Crippen LogP contribution in [0.15, 0.2) is 87.3 Å². The molecule has 0 spiro atoms. The van der Waals surface area contributed by atoms with Gasteiger partial charge in [-0.2, -0.15) is 26.0 Å². The highest BCUT2D eigenvalue weighted by molar-refractivity contribution is 6.05. The van der Waals surface area contributed by atoms with Crippen molar-refractivity contribution in [3.05, 3.63) is 82.6 Å². The number of allylic oxidation sites excluding steroid dienone is 2. The fourth-order valence-corrected chi connectivity index (χ4v) is 6.48. The van der Waals surface area contributed by atoms with E-state index in [1.807, 2.05) is 68.1 Å². The third-order valence-electron chi connectivity index (χ3n) is 10.1. The van der Waals surface area contributed by atoms with E-state index in [9.17, 15) is 30.2 Å². The molecule has 12 heteroatoms. The first-order chi connectivity index (χ1) is 28.2. The maximum atomic E-state index is 13.3. The Balaban J connectivity index is 1.72. The van der Waals surface area contributed by atoms with Crippen LogP contribution in [0.4, 0.5) is 17.1 Å². The molecule has 0 bridgehead atoms. The summed E-state index contributed by atoms with van der Waals surface area (Å²) in [6.45, 7) is 11.8. The molecule has 1 aliphatic rings. The van der Waals surface area contributed by atoms with Crippen molar-refractivity contribution in [2.45, 2.75) is 98.8 Å². The molecule has 0 aromatic heterocycles. The van der Waals surface area contributed by atoms with Gasteiger partial charge in [0.1, 0.15) is 31.4 Å². The first-order valence-corrected chi connectivity index (χ1v) is 20.6. The minimum Gasteiger partial charge on any atom is -0.464 e. The van der Waals surface area contributed by atoms with Gasteiger partial charge in [0, 0.05) is 12.2 Å². The number of esters is 2. The SMILES string of the molecule is CCCCC(CC)C(=O)OCCN(CCOC(=O)C(CC)CCCC)c1ccc(/N=N/c2ccc(/C=C/C3=C(C#N)C(=C(C#N)C#N)N(CCCC)C3=O)cc2)cc1. The van der Waals surface area contributed by atoms with Crippen molar-refractivity contribution in [1.82, 2.24) is 4.90 Å². The number of rotatable bonds is 24. The van der Waals surface area contributed by atoms with Crippen molar-refractivity contribution < 1.29 is 23.9 Å². The predicted molar refractivity (Wildman–Crippen MR) is 224 cm³/mol. The number of benzene rings is 2. The molecular weight excluding hydrogens is 731 g/mol. The van der Waals surface area contributed by atoms with Crippen molar-refractivity contribution >= 4 is 41.0 Å². The number of hydrogen-bond acceptors (Lipinski definition) is 11. The largest absolute Gasteiger partial charge is 0.464 e. The molecule has 2 aromatic carbocycles. The Kier molecular flexibility index (Phi) is 20.2. The molecule has 2 aromatic rings. The molecule has 0 saturated heterocycles. The monoisotopic (exact) mass is 787 g/mol. The fourth-order valence-electron chi connectivity index (χ4n) is 6.48. The number of amides is 1. The van der Waals surface area contributed by atoms with E-state index in [0.717, 1.165) is 69.0 Å². The van der Waals surface area contributed by atoms with Crippen LogP contribution in [0.25, 0.3) is 6.08 Å². The molecule has 2 atom stereocenters. The zero-order valence-electron chi connectivity index (χ0n) is 34.7. The molecule has 1 amide bonds. The highest BCUT2D eigenvalue weighted by Crippen LogP contribution is 2.33. The van der Waals surface area contributed by atoms with Gasteiger partial charge in [-0.05, 0) is 80.1 Å². The van der Waals surface area contributed by atoms with Crippen LogP contribution in [-0.4, -0.2) is 55.6 Å². The zero-order chi connectivity index (χ0) is 42.3. The third kappa shape index (κ3) is 13.6. The van der Waals surface area contributed by atoms with Crippen LogP contribution in [0.3, 0.4) is 0 Å². The molecule has 306 valence electrons. The molecule has 0 N–H and O–H groups in total. The lowest BCUT2D eigenvalue weighted by molar-refractivity contribution is -0.149. The number of hydrogen-bond donors (Lipinski definition) is 0. The normalized spacial score (nSPS) is 13.7. The molecule has 2 unspecified atom stereocenters. The lowest BCUT2D eigenvalue weighted by Gasteiger charge is -2.25. The highest BCUT2D eigenvalue weighted by Gasteiger charge is 2.36. The van der Waals surface area contributed by atoms with Gasteiger partial charge in [-0.15, -0.1) is 0 Å². The number of carbonyl (C=O) groups excluding carboxylic acids is 3. The Bertz CT molecular complexity index is 1880. The van der Waals surface area contributed by atoms with E-state index in [2.05, 4.69) is 24.1 Å². The standard InChI is InChI=1S/C46H57N7O5/c1-6-11-14-35(9-4)45(55)57-29-27-52(28-30-58-46(56)36(10-5)15-12-7-2)40-23-21-39(22-24-40)51-50-38-19-16-34(17-20-38)18-25-41-42(33-49)43(37(31-47)32-48)53(44(41)54)26-13-8-3/h16-25,35-36H,6-15,26-30H2,1-5H3/b25-18+,51-50+. The van der Waals surface area contributed by atoms with Crippen LogP contribution in [0.1, 0.15) is 104 Å². The van der Waals surface area contributed by atoms with Gasteiger partial charge < -0.3 is 19.3 Å². The number of nitriles is 3. The summed E-state index contributed by atoms with van der Waals surface area (Å²) in [5.74, 6) is -0.990. The van der Waals surface area contributed by atoms with E-state index in [1.165, 1.54) is 4.90 Å². The molecular formula is C46H57N7O5. The summed E-state index contributed by atoms with van der Waals surface area (Å²) >= 11 is 0. The van der Waals surface area contributed by atoms with Crippen molar-refractivity contribution in [2.24, 2.45) is 22.1 Å². The Labute approximate surface area is 344 Å². The van der Waals surface area contributed by atoms with Crippen LogP contribution in [0.5, 0.6) is 0 Å². The number of carbonyl (C=O) groups is 3. The molecule has 12 nitrogen and oxygen atoms in total. The van der Waals surface area contributed by atoms with E-state index >= 15 is 0 Å². The zero-order valence-corrected chi connectivity index (χ0v) is 34.7. The maximum absolute atomic E-state index is 13.3. The molecule has 0 fully saturated rings. The Hall–Kier alpha value is -6.06. The summed E-state index contributed by atoms with van der Waals surface area (Å²) in [6.07, 6.45) is 11.8. The first kappa shape index (κ1) is 46.3. The summed E-state index contributed by atoms with van der Waals surface area (Å²) in [7, 11) is 0. The summed E-state index contributed by atoms with van der Waals surface area (Å²) in [5, 5.41) is 37.7. The van der Waals surface area contributed by atoms with Crippen molar-refractivity contribution in [3.8, 4) is 18.2 Å². The second kappa shape index (κ2) is 25.2. The number of nitrogens with zero attached hydrogens (tertiary/aromatic N) is 7. The Morgan fingerprint density at radius 3 is 1.69 bits per heavy atom. The number of unbranched alkanes of at least 4 members (excludes halogenated alkanes) is 3. The van der Waals surface area contributed by atoms with Gasteiger partial charge in [-0.1, -0.05) is 84.9 Å². The van der Waals surface area contributed by atoms with E-state index < -0.39 is 5.91 Å². The van der Waals surface area contributed by atoms with Gasteiger partial charge in [-0.25, -0.2) is 0 Å². The molecule has 3 rings (SSSR count). The van der Waals surface area contributed by atoms with E-state index in [4.69, 9.17) is 9.47 Å². The number of azo groups is 1. The van der Waals surface area contributed by atoms with E-state index in [-0.39, 0.29) is 59.4 Å². The molecule has 1 heterocycles. The summed E-state index contributed by atoms with van der Waals surface area (Å²) in [6, 6.07) is 20.3. The average molecular weight is 788 g/mol. The highest BCUT2D eigenvalue weighted by atomic mass is 16.5. The molecule has 58 heavy (non-hydrogen) atoms. The van der Waals surface area contributed by atoms with E-state index in [1.54, 1.807) is 36.4 Å². The van der Waals surface area contributed by atoms with E-state index in [0.29, 0.717) is 37.4 Å². The second-order valence-electron chi connectivity index (χ2n) is 14.1. The van der Waals surface area contributed by atoms with Crippen LogP contribution >= 0.6 is 0 Å². The van der Waals surface area contributed by atoms with Gasteiger partial charge in [-0.3, -0.25) is 14.4 Å². The Morgan fingerprint density at radius 2 is 1.24 bits per heavy atom. The van der Waals surface area contributed by atoms with Crippen LogP contribution in [-0.2, 0) is 23.9 Å². The van der Waals surface area contributed by atoms with Crippen LogP contribution in [0.2, 0.25) is 0 Å². The van der Waals surface area contributed by atoms with Gasteiger partial charge in [0.25, 0.3) is 5.91 Å².